The van der Waals surface area contributed by atoms with Crippen LogP contribution in [-0.2, 0) is 4.79 Å². The molecule has 3 nitrogen and oxygen atoms in total. The summed E-state index contributed by atoms with van der Waals surface area (Å²) in [5.41, 5.74) is 6.59. The number of carbonyl (C=O) groups excluding carboxylic acids is 1. The molecule has 0 aliphatic rings. The van der Waals surface area contributed by atoms with Crippen LogP contribution in [-0.4, -0.2) is 5.91 Å². The van der Waals surface area contributed by atoms with Crippen molar-refractivity contribution < 1.29 is 13.6 Å². The predicted octanol–water partition coefficient (Wildman–Crippen LogP) is 2.84. The molecule has 2 rings (SSSR count). The quantitative estimate of drug-likeness (QED) is 0.909. The largest absolute Gasteiger partial charge is 0.348 e. The van der Waals surface area contributed by atoms with Crippen molar-refractivity contribution in [2.75, 3.05) is 0 Å². The summed E-state index contributed by atoms with van der Waals surface area (Å²) in [6.07, 6.45) is 0. The highest BCUT2D eigenvalue weighted by atomic mass is 19.1. The maximum Gasteiger partial charge on any atom is 0.241 e. The van der Waals surface area contributed by atoms with E-state index in [9.17, 15) is 13.6 Å². The van der Waals surface area contributed by atoms with Gasteiger partial charge >= 0.3 is 0 Å². The van der Waals surface area contributed by atoms with Crippen LogP contribution in [0.1, 0.15) is 30.1 Å². The van der Waals surface area contributed by atoms with E-state index in [1.807, 2.05) is 6.07 Å². The van der Waals surface area contributed by atoms with Gasteiger partial charge in [0, 0.05) is 5.56 Å². The van der Waals surface area contributed by atoms with Gasteiger partial charge < -0.3 is 11.1 Å². The molecule has 0 fully saturated rings. The molecule has 0 bridgehead atoms. The van der Waals surface area contributed by atoms with E-state index in [-0.39, 0.29) is 5.56 Å². The molecular formula is C16H16F2N2O. The summed E-state index contributed by atoms with van der Waals surface area (Å²) in [5, 5.41) is 2.59. The second-order valence-corrected chi connectivity index (χ2v) is 4.78. The molecule has 0 heterocycles. The Morgan fingerprint density at radius 2 is 1.81 bits per heavy atom. The topological polar surface area (TPSA) is 55.1 Å². The van der Waals surface area contributed by atoms with E-state index >= 15 is 0 Å². The normalized spacial score (nSPS) is 13.5. The maximum atomic E-state index is 13.6. The zero-order valence-electron chi connectivity index (χ0n) is 11.5. The molecule has 0 aliphatic heterocycles. The number of benzene rings is 2. The monoisotopic (exact) mass is 290 g/mol. The summed E-state index contributed by atoms with van der Waals surface area (Å²) in [5.74, 6) is -1.57. The van der Waals surface area contributed by atoms with E-state index < -0.39 is 29.6 Å². The lowest BCUT2D eigenvalue weighted by Crippen LogP contribution is -2.36. The first-order valence-electron chi connectivity index (χ1n) is 6.55. The first kappa shape index (κ1) is 15.1. The number of amides is 1. The van der Waals surface area contributed by atoms with E-state index in [1.54, 1.807) is 31.2 Å². The molecular weight excluding hydrogens is 274 g/mol. The molecule has 3 N–H and O–H groups in total. The lowest BCUT2D eigenvalue weighted by atomic mass is 10.0. The minimum atomic E-state index is -0.856. The van der Waals surface area contributed by atoms with Crippen molar-refractivity contribution >= 4 is 5.91 Å². The molecule has 110 valence electrons. The standard InChI is InChI=1S/C16H16F2N2O/c1-10(13-9-12(17)7-8-14(13)18)20-16(21)15(19)11-5-3-2-4-6-11/h2-10,15H,19H2,1H3,(H,20,21)/t10?,15-/m1/s1. The van der Waals surface area contributed by atoms with Gasteiger partial charge in [0.25, 0.3) is 0 Å². The van der Waals surface area contributed by atoms with Gasteiger partial charge in [-0.1, -0.05) is 30.3 Å². The van der Waals surface area contributed by atoms with Crippen LogP contribution in [0.3, 0.4) is 0 Å². The summed E-state index contributed by atoms with van der Waals surface area (Å²) in [7, 11) is 0. The van der Waals surface area contributed by atoms with Gasteiger partial charge in [-0.2, -0.15) is 0 Å². The van der Waals surface area contributed by atoms with E-state index in [1.165, 1.54) is 0 Å². The van der Waals surface area contributed by atoms with E-state index in [0.29, 0.717) is 5.56 Å². The first-order valence-corrected chi connectivity index (χ1v) is 6.55. The number of carbonyl (C=O) groups is 1. The van der Waals surface area contributed by atoms with Crippen LogP contribution >= 0.6 is 0 Å². The Hall–Kier alpha value is -2.27. The van der Waals surface area contributed by atoms with Gasteiger partial charge in [-0.05, 0) is 30.7 Å². The number of hydrogen-bond donors (Lipinski definition) is 2. The summed E-state index contributed by atoms with van der Waals surface area (Å²) in [4.78, 5) is 12.1. The second-order valence-electron chi connectivity index (χ2n) is 4.78. The minimum Gasteiger partial charge on any atom is -0.348 e. The van der Waals surface area contributed by atoms with E-state index in [2.05, 4.69) is 5.32 Å². The lowest BCUT2D eigenvalue weighted by molar-refractivity contribution is -0.123. The van der Waals surface area contributed by atoms with Gasteiger partial charge in [0.2, 0.25) is 5.91 Å². The predicted molar refractivity (Wildman–Crippen MR) is 76.3 cm³/mol. The van der Waals surface area contributed by atoms with Gasteiger partial charge in [0.05, 0.1) is 6.04 Å². The Morgan fingerprint density at radius 1 is 1.14 bits per heavy atom. The average Bonchev–Trinajstić information content (AvgIpc) is 2.49. The number of hydrogen-bond acceptors (Lipinski definition) is 2. The fraction of sp³-hybridized carbons (Fsp3) is 0.188. The van der Waals surface area contributed by atoms with Crippen LogP contribution < -0.4 is 11.1 Å². The van der Waals surface area contributed by atoms with Crippen LogP contribution in [0.25, 0.3) is 0 Å². The molecule has 0 spiro atoms. The van der Waals surface area contributed by atoms with Gasteiger partial charge in [-0.15, -0.1) is 0 Å². The molecule has 2 atom stereocenters. The highest BCUT2D eigenvalue weighted by molar-refractivity contribution is 5.83. The molecule has 0 saturated carbocycles. The van der Waals surface area contributed by atoms with Crippen LogP contribution in [0.2, 0.25) is 0 Å². The minimum absolute atomic E-state index is 0.0867. The van der Waals surface area contributed by atoms with Crippen molar-refractivity contribution in [3.8, 4) is 0 Å². The summed E-state index contributed by atoms with van der Waals surface area (Å²) < 4.78 is 26.8. The Labute approximate surface area is 121 Å². The molecule has 2 aromatic rings. The molecule has 0 aliphatic carbocycles. The SMILES string of the molecule is CC(NC(=O)[C@H](N)c1ccccc1)c1cc(F)ccc1F. The van der Waals surface area contributed by atoms with Crippen molar-refractivity contribution in [2.24, 2.45) is 5.73 Å². The second kappa shape index (κ2) is 6.45. The zero-order valence-corrected chi connectivity index (χ0v) is 11.5. The smallest absolute Gasteiger partial charge is 0.241 e. The van der Waals surface area contributed by atoms with E-state index in [4.69, 9.17) is 5.73 Å². The third-order valence-corrected chi connectivity index (χ3v) is 3.22. The highest BCUT2D eigenvalue weighted by Crippen LogP contribution is 2.19. The first-order chi connectivity index (χ1) is 9.99. The molecule has 21 heavy (non-hydrogen) atoms. The Kier molecular flexibility index (Phi) is 4.65. The third-order valence-electron chi connectivity index (χ3n) is 3.22. The Balaban J connectivity index is 2.10. The fourth-order valence-corrected chi connectivity index (χ4v) is 2.04. The van der Waals surface area contributed by atoms with Gasteiger partial charge in [0.15, 0.2) is 0 Å². The lowest BCUT2D eigenvalue weighted by Gasteiger charge is -2.18. The number of rotatable bonds is 4. The molecule has 1 unspecified atom stereocenters. The van der Waals surface area contributed by atoms with Crippen LogP contribution in [0.15, 0.2) is 48.5 Å². The maximum absolute atomic E-state index is 13.6. The van der Waals surface area contributed by atoms with Crippen LogP contribution in [0.4, 0.5) is 8.78 Å². The van der Waals surface area contributed by atoms with Gasteiger partial charge in [-0.25, -0.2) is 8.78 Å². The molecule has 0 aromatic heterocycles. The number of nitrogens with one attached hydrogen (secondary N) is 1. The van der Waals surface area contributed by atoms with E-state index in [0.717, 1.165) is 18.2 Å². The van der Waals surface area contributed by atoms with Gasteiger partial charge in [-0.3, -0.25) is 4.79 Å². The fourth-order valence-electron chi connectivity index (χ4n) is 2.04. The Bertz CT molecular complexity index is 631. The summed E-state index contributed by atoms with van der Waals surface area (Å²) in [6, 6.07) is 10.4. The third kappa shape index (κ3) is 3.64. The number of halogens is 2. The highest BCUT2D eigenvalue weighted by Gasteiger charge is 2.20. The van der Waals surface area contributed by atoms with Crippen LogP contribution in [0, 0.1) is 11.6 Å². The molecule has 0 radical (unpaired) electrons. The summed E-state index contributed by atoms with van der Waals surface area (Å²) in [6.45, 7) is 1.58. The molecule has 2 aromatic carbocycles. The average molecular weight is 290 g/mol. The number of nitrogens with two attached hydrogens (primary N) is 1. The van der Waals surface area contributed by atoms with Crippen molar-refractivity contribution in [1.29, 1.82) is 0 Å². The molecule has 0 saturated heterocycles. The van der Waals surface area contributed by atoms with Crippen molar-refractivity contribution in [3.63, 3.8) is 0 Å². The van der Waals surface area contributed by atoms with Crippen molar-refractivity contribution in [2.45, 2.75) is 19.0 Å². The van der Waals surface area contributed by atoms with Crippen LogP contribution in [0.5, 0.6) is 0 Å². The van der Waals surface area contributed by atoms with Gasteiger partial charge in [0.1, 0.15) is 17.7 Å². The molecule has 5 heteroatoms. The van der Waals surface area contributed by atoms with Crippen molar-refractivity contribution in [3.05, 3.63) is 71.3 Å². The Morgan fingerprint density at radius 3 is 2.48 bits per heavy atom. The summed E-state index contributed by atoms with van der Waals surface area (Å²) >= 11 is 0. The molecule has 1 amide bonds. The zero-order chi connectivity index (χ0) is 15.4. The van der Waals surface area contributed by atoms with Crippen molar-refractivity contribution in [1.82, 2.24) is 5.32 Å².